The van der Waals surface area contributed by atoms with E-state index >= 15 is 0 Å². The molecule has 0 atom stereocenters. The van der Waals surface area contributed by atoms with Gasteiger partial charge in [-0.25, -0.2) is 4.79 Å². The normalized spacial score (nSPS) is 10.1. The minimum absolute atomic E-state index is 0.285. The molecule has 3 nitrogen and oxygen atoms in total. The lowest BCUT2D eigenvalue weighted by atomic mass is 10.1. The molecule has 0 unspecified atom stereocenters. The molecule has 1 aromatic heterocycles. The highest BCUT2D eigenvalue weighted by Crippen LogP contribution is 2.20. The lowest BCUT2D eigenvalue weighted by Crippen LogP contribution is -1.94. The number of nitrogens with one attached hydrogen (secondary N) is 1. The Bertz CT molecular complexity index is 539. The maximum absolute atomic E-state index is 10.6. The average molecular weight is 237 g/mol. The van der Waals surface area contributed by atoms with E-state index in [0.29, 0.717) is 3.95 Å². The summed E-state index contributed by atoms with van der Waals surface area (Å²) in [6.07, 6.45) is 0. The second kappa shape index (κ2) is 3.96. The molecule has 0 amide bonds. The van der Waals surface area contributed by atoms with Gasteiger partial charge in [-0.15, -0.1) is 11.3 Å². The van der Waals surface area contributed by atoms with Crippen LogP contribution in [0.4, 0.5) is 0 Å². The second-order valence-electron chi connectivity index (χ2n) is 2.94. The molecule has 2 rings (SSSR count). The molecule has 0 aliphatic rings. The summed E-state index contributed by atoms with van der Waals surface area (Å²) >= 11 is 6.42. The van der Waals surface area contributed by atoms with Crippen LogP contribution in [-0.4, -0.2) is 16.1 Å². The van der Waals surface area contributed by atoms with E-state index in [2.05, 4.69) is 4.98 Å². The highest BCUT2D eigenvalue weighted by atomic mass is 32.1. The minimum atomic E-state index is -0.917. The Morgan fingerprint density at radius 2 is 2.00 bits per heavy atom. The maximum atomic E-state index is 10.6. The van der Waals surface area contributed by atoms with Gasteiger partial charge in [-0.3, -0.25) is 0 Å². The monoisotopic (exact) mass is 237 g/mol. The first-order chi connectivity index (χ1) is 7.16. The Balaban J connectivity index is 2.39. The summed E-state index contributed by atoms with van der Waals surface area (Å²) < 4.78 is 0.715. The standard InChI is InChI=1S/C10H7NO2S2/c12-9(13)7-3-1-6(2-4-7)8-5-15-10(14)11-8/h1-5H,(H,11,14)(H,12,13). The van der Waals surface area contributed by atoms with Crippen molar-refractivity contribution >= 4 is 29.5 Å². The maximum Gasteiger partial charge on any atom is 0.335 e. The van der Waals surface area contributed by atoms with Crippen molar-refractivity contribution in [2.75, 3.05) is 0 Å². The predicted octanol–water partition coefficient (Wildman–Crippen LogP) is 3.17. The van der Waals surface area contributed by atoms with Gasteiger partial charge in [-0.05, 0) is 29.9 Å². The molecule has 1 aromatic carbocycles. The smallest absolute Gasteiger partial charge is 0.335 e. The van der Waals surface area contributed by atoms with E-state index in [4.69, 9.17) is 17.3 Å². The molecule has 0 aliphatic heterocycles. The predicted molar refractivity (Wildman–Crippen MR) is 61.9 cm³/mol. The van der Waals surface area contributed by atoms with E-state index < -0.39 is 5.97 Å². The van der Waals surface area contributed by atoms with E-state index in [1.165, 1.54) is 11.3 Å². The summed E-state index contributed by atoms with van der Waals surface area (Å²) in [4.78, 5) is 13.7. The highest BCUT2D eigenvalue weighted by Gasteiger charge is 2.03. The Morgan fingerprint density at radius 1 is 1.33 bits per heavy atom. The number of carboxylic acid groups (broad SMARTS) is 1. The van der Waals surface area contributed by atoms with E-state index in [9.17, 15) is 4.79 Å². The molecule has 15 heavy (non-hydrogen) atoms. The van der Waals surface area contributed by atoms with Crippen LogP contribution >= 0.6 is 23.6 Å². The molecule has 0 fully saturated rings. The molecule has 0 bridgehead atoms. The number of H-pyrrole nitrogens is 1. The van der Waals surface area contributed by atoms with Crippen molar-refractivity contribution in [3.05, 3.63) is 39.2 Å². The number of aromatic nitrogens is 1. The molecule has 2 N–H and O–H groups in total. The fourth-order valence-electron chi connectivity index (χ4n) is 1.21. The summed E-state index contributed by atoms with van der Waals surface area (Å²) in [7, 11) is 0. The third kappa shape index (κ3) is 2.14. The van der Waals surface area contributed by atoms with Crippen LogP contribution in [0, 0.1) is 3.95 Å². The molecule has 0 spiro atoms. The zero-order valence-electron chi connectivity index (χ0n) is 7.56. The van der Waals surface area contributed by atoms with E-state index in [-0.39, 0.29) is 5.56 Å². The number of hydrogen-bond donors (Lipinski definition) is 2. The summed E-state index contributed by atoms with van der Waals surface area (Å²) in [5.74, 6) is -0.917. The number of rotatable bonds is 2. The first-order valence-corrected chi connectivity index (χ1v) is 5.47. The van der Waals surface area contributed by atoms with E-state index in [1.807, 2.05) is 5.38 Å². The van der Waals surface area contributed by atoms with Gasteiger partial charge >= 0.3 is 5.97 Å². The summed E-state index contributed by atoms with van der Waals surface area (Å²) in [6, 6.07) is 6.67. The Labute approximate surface area is 95.0 Å². The van der Waals surface area contributed by atoms with Crippen molar-refractivity contribution < 1.29 is 9.90 Å². The molecular weight excluding hydrogens is 230 g/mol. The number of aromatic amines is 1. The molecule has 0 radical (unpaired) electrons. The van der Waals surface area contributed by atoms with Gasteiger partial charge in [0, 0.05) is 5.38 Å². The van der Waals surface area contributed by atoms with Crippen molar-refractivity contribution in [2.45, 2.75) is 0 Å². The second-order valence-corrected chi connectivity index (χ2v) is 4.49. The van der Waals surface area contributed by atoms with Crippen LogP contribution in [0.3, 0.4) is 0 Å². The van der Waals surface area contributed by atoms with Crippen LogP contribution in [0.2, 0.25) is 0 Å². The molecule has 76 valence electrons. The molecular formula is C10H7NO2S2. The van der Waals surface area contributed by atoms with Gasteiger partial charge in [-0.2, -0.15) is 0 Å². The number of benzene rings is 1. The molecule has 0 saturated heterocycles. The van der Waals surface area contributed by atoms with Crippen LogP contribution in [0.15, 0.2) is 29.6 Å². The number of aromatic carboxylic acids is 1. The Morgan fingerprint density at radius 3 is 2.47 bits per heavy atom. The van der Waals surface area contributed by atoms with Crippen LogP contribution in [0.25, 0.3) is 11.3 Å². The third-order valence-corrected chi connectivity index (χ3v) is 3.02. The lowest BCUT2D eigenvalue weighted by Gasteiger charge is -1.98. The molecule has 5 heteroatoms. The lowest BCUT2D eigenvalue weighted by molar-refractivity contribution is 0.0697. The summed E-state index contributed by atoms with van der Waals surface area (Å²) in [5.41, 5.74) is 2.14. The minimum Gasteiger partial charge on any atom is -0.478 e. The topological polar surface area (TPSA) is 53.1 Å². The quantitative estimate of drug-likeness (QED) is 0.789. The van der Waals surface area contributed by atoms with Gasteiger partial charge in [0.1, 0.15) is 0 Å². The molecule has 1 heterocycles. The average Bonchev–Trinajstić information content (AvgIpc) is 2.65. The van der Waals surface area contributed by atoms with Gasteiger partial charge in [0.15, 0.2) is 3.95 Å². The molecule has 0 saturated carbocycles. The van der Waals surface area contributed by atoms with Crippen molar-refractivity contribution in [1.82, 2.24) is 4.98 Å². The highest BCUT2D eigenvalue weighted by molar-refractivity contribution is 7.73. The van der Waals surface area contributed by atoms with Gasteiger partial charge in [0.05, 0.1) is 11.3 Å². The zero-order chi connectivity index (χ0) is 10.8. The molecule has 2 aromatic rings. The van der Waals surface area contributed by atoms with Crippen LogP contribution in [-0.2, 0) is 0 Å². The number of hydrogen-bond acceptors (Lipinski definition) is 3. The van der Waals surface area contributed by atoms with Crippen molar-refractivity contribution in [3.8, 4) is 11.3 Å². The van der Waals surface area contributed by atoms with Crippen LogP contribution in [0.5, 0.6) is 0 Å². The van der Waals surface area contributed by atoms with Gasteiger partial charge in [0.25, 0.3) is 0 Å². The Kier molecular flexibility index (Phi) is 2.66. The number of carboxylic acids is 1. The Hall–Kier alpha value is -1.46. The van der Waals surface area contributed by atoms with Crippen LogP contribution < -0.4 is 0 Å². The summed E-state index contributed by atoms with van der Waals surface area (Å²) in [6.45, 7) is 0. The van der Waals surface area contributed by atoms with Gasteiger partial charge in [-0.1, -0.05) is 12.1 Å². The molecule has 0 aliphatic carbocycles. The van der Waals surface area contributed by atoms with Crippen molar-refractivity contribution in [2.24, 2.45) is 0 Å². The number of thiazole rings is 1. The fraction of sp³-hybridized carbons (Fsp3) is 0. The number of carbonyl (C=O) groups is 1. The SMILES string of the molecule is O=C(O)c1ccc(-c2csc(=S)[nH]2)cc1. The van der Waals surface area contributed by atoms with E-state index in [0.717, 1.165) is 11.3 Å². The van der Waals surface area contributed by atoms with Crippen LogP contribution in [0.1, 0.15) is 10.4 Å². The first kappa shape index (κ1) is 10.1. The van der Waals surface area contributed by atoms with Gasteiger partial charge in [0.2, 0.25) is 0 Å². The summed E-state index contributed by atoms with van der Waals surface area (Å²) in [5, 5.41) is 10.6. The van der Waals surface area contributed by atoms with Crippen molar-refractivity contribution in [1.29, 1.82) is 0 Å². The fourth-order valence-corrected chi connectivity index (χ4v) is 2.06. The first-order valence-electron chi connectivity index (χ1n) is 4.18. The van der Waals surface area contributed by atoms with E-state index in [1.54, 1.807) is 24.3 Å². The third-order valence-electron chi connectivity index (χ3n) is 1.96. The largest absolute Gasteiger partial charge is 0.478 e. The van der Waals surface area contributed by atoms with Crippen molar-refractivity contribution in [3.63, 3.8) is 0 Å². The zero-order valence-corrected chi connectivity index (χ0v) is 9.19. The van der Waals surface area contributed by atoms with Gasteiger partial charge < -0.3 is 10.1 Å².